The number of carbonyl (C=O) groups excluding carboxylic acids is 1. The fourth-order valence-electron chi connectivity index (χ4n) is 3.09. The molecule has 2 heterocycles. The molecule has 2 aliphatic rings. The summed E-state index contributed by atoms with van der Waals surface area (Å²) in [6.45, 7) is -0.617. The maximum absolute atomic E-state index is 14.5. The second-order valence-corrected chi connectivity index (χ2v) is 7.28. The summed E-state index contributed by atoms with van der Waals surface area (Å²) in [6.07, 6.45) is 0.256. The van der Waals surface area contributed by atoms with Crippen molar-refractivity contribution < 1.29 is 27.8 Å². The summed E-state index contributed by atoms with van der Waals surface area (Å²) in [6, 6.07) is 1.28. The lowest BCUT2D eigenvalue weighted by molar-refractivity contribution is -0.0376. The molecular formula is C17H16BrF3N4O3. The second-order valence-electron chi connectivity index (χ2n) is 6.36. The van der Waals surface area contributed by atoms with Gasteiger partial charge in [0.25, 0.3) is 12.3 Å². The number of nitrogens with zero attached hydrogens (tertiary/aromatic N) is 2. The first-order valence-electron chi connectivity index (χ1n) is 8.15. The van der Waals surface area contributed by atoms with Gasteiger partial charge in [-0.1, -0.05) is 0 Å². The van der Waals surface area contributed by atoms with Gasteiger partial charge in [-0.25, -0.2) is 18.2 Å². The first-order chi connectivity index (χ1) is 13.2. The van der Waals surface area contributed by atoms with E-state index in [2.05, 4.69) is 31.2 Å². The predicted octanol–water partition coefficient (Wildman–Crippen LogP) is 2.43. The number of hydrogen-bond acceptors (Lipinski definition) is 6. The third-order valence-electron chi connectivity index (χ3n) is 4.44. The zero-order chi connectivity index (χ0) is 20.5. The van der Waals surface area contributed by atoms with E-state index in [1.54, 1.807) is 0 Å². The summed E-state index contributed by atoms with van der Waals surface area (Å²) in [5, 5.41) is 12.3. The third-order valence-corrected chi connectivity index (χ3v) is 4.87. The van der Waals surface area contributed by atoms with Crippen molar-refractivity contribution in [3.05, 3.63) is 46.1 Å². The fraction of sp³-hybridized carbons (Fsp3) is 0.353. The van der Waals surface area contributed by atoms with Crippen LogP contribution in [0.15, 0.2) is 45.4 Å². The second kappa shape index (κ2) is 7.92. The number of amidine groups is 1. The summed E-state index contributed by atoms with van der Waals surface area (Å²) < 4.78 is 47.7. The molecule has 11 heteroatoms. The van der Waals surface area contributed by atoms with E-state index in [1.807, 2.05) is 0 Å². The van der Waals surface area contributed by atoms with Crippen molar-refractivity contribution in [3.63, 3.8) is 0 Å². The highest BCUT2D eigenvalue weighted by Crippen LogP contribution is 2.42. The van der Waals surface area contributed by atoms with E-state index in [4.69, 9.17) is 10.5 Å². The molecule has 0 saturated heterocycles. The van der Waals surface area contributed by atoms with Crippen LogP contribution in [-0.4, -0.2) is 47.0 Å². The van der Waals surface area contributed by atoms with E-state index in [-0.39, 0.29) is 36.0 Å². The number of alkyl halides is 2. The lowest BCUT2D eigenvalue weighted by atomic mass is 9.78. The molecule has 0 aromatic carbocycles. The van der Waals surface area contributed by atoms with Crippen molar-refractivity contribution >= 4 is 27.7 Å². The quantitative estimate of drug-likeness (QED) is 0.638. The van der Waals surface area contributed by atoms with Gasteiger partial charge in [0, 0.05) is 22.3 Å². The van der Waals surface area contributed by atoms with Crippen LogP contribution in [0.3, 0.4) is 0 Å². The number of rotatable bonds is 4. The van der Waals surface area contributed by atoms with Crippen molar-refractivity contribution in [1.82, 2.24) is 10.3 Å². The number of nitrogens with one attached hydrogen (secondary N) is 1. The standard InChI is InChI=1S/C17H16BrF3N4O3/c18-8-3-12(26)14(23-5-8)15(27)24-9-1-2-11(19)10(4-9)17(16(20)21)7-28-6-13(22)25-17/h1-3,5,10,16,26H,4,6-7H2,(H2,22,25)(H,24,27)/t10?,17-/m0/s1. The van der Waals surface area contributed by atoms with E-state index in [0.29, 0.717) is 4.47 Å². The minimum Gasteiger partial charge on any atom is -0.505 e. The molecule has 1 aromatic heterocycles. The SMILES string of the molecule is NC1=N[C@](C(F)F)(C2CC(NC(=O)c3ncc(Br)cc3O)=CC=C2F)COC1. The van der Waals surface area contributed by atoms with E-state index in [9.17, 15) is 23.1 Å². The number of halogens is 4. The summed E-state index contributed by atoms with van der Waals surface area (Å²) >= 11 is 3.11. The van der Waals surface area contributed by atoms with Gasteiger partial charge in [0.05, 0.1) is 6.61 Å². The van der Waals surface area contributed by atoms with Gasteiger partial charge in [0.1, 0.15) is 24.0 Å². The number of nitrogens with two attached hydrogens (primary N) is 1. The molecule has 1 aliphatic carbocycles. The normalized spacial score (nSPS) is 25.0. The van der Waals surface area contributed by atoms with Crippen LogP contribution in [0, 0.1) is 5.92 Å². The maximum atomic E-state index is 14.5. The topological polar surface area (TPSA) is 110 Å². The van der Waals surface area contributed by atoms with Crippen molar-refractivity contribution in [2.45, 2.75) is 18.4 Å². The average Bonchev–Trinajstić information content (AvgIpc) is 2.62. The molecule has 150 valence electrons. The molecule has 0 spiro atoms. The highest BCUT2D eigenvalue weighted by atomic mass is 79.9. The van der Waals surface area contributed by atoms with E-state index < -0.39 is 36.2 Å². The first-order valence-corrected chi connectivity index (χ1v) is 8.94. The number of amides is 1. The molecule has 0 fully saturated rings. The Labute approximate surface area is 166 Å². The zero-order valence-electron chi connectivity index (χ0n) is 14.3. The van der Waals surface area contributed by atoms with Crippen LogP contribution in [0.1, 0.15) is 16.9 Å². The van der Waals surface area contributed by atoms with Gasteiger partial charge in [0.2, 0.25) is 0 Å². The van der Waals surface area contributed by atoms with Gasteiger partial charge in [-0.05, 0) is 40.6 Å². The van der Waals surface area contributed by atoms with E-state index >= 15 is 0 Å². The number of carbonyl (C=O) groups is 1. The van der Waals surface area contributed by atoms with Crippen LogP contribution >= 0.6 is 15.9 Å². The molecule has 1 aromatic rings. The fourth-order valence-corrected chi connectivity index (χ4v) is 3.41. The van der Waals surface area contributed by atoms with Crippen LogP contribution in [-0.2, 0) is 4.74 Å². The first kappa shape index (κ1) is 20.3. The minimum atomic E-state index is -3.04. The number of allylic oxidation sites excluding steroid dienone is 3. The molecule has 1 unspecified atom stereocenters. The Balaban J connectivity index is 1.84. The molecule has 0 saturated carbocycles. The molecule has 3 rings (SSSR count). The Bertz CT molecular complexity index is 890. The van der Waals surface area contributed by atoms with Gasteiger partial charge in [-0.3, -0.25) is 9.79 Å². The monoisotopic (exact) mass is 460 g/mol. The van der Waals surface area contributed by atoms with Crippen LogP contribution in [0.2, 0.25) is 0 Å². The van der Waals surface area contributed by atoms with Crippen molar-refractivity contribution in [1.29, 1.82) is 0 Å². The van der Waals surface area contributed by atoms with Crippen LogP contribution < -0.4 is 11.1 Å². The Morgan fingerprint density at radius 3 is 2.86 bits per heavy atom. The molecule has 28 heavy (non-hydrogen) atoms. The number of ether oxygens (including phenoxy) is 1. The number of hydrogen-bond donors (Lipinski definition) is 3. The van der Waals surface area contributed by atoms with Crippen molar-refractivity contribution in [2.75, 3.05) is 13.2 Å². The third kappa shape index (κ3) is 3.90. The average molecular weight is 461 g/mol. The summed E-state index contributed by atoms with van der Waals surface area (Å²) in [5.74, 6) is -3.48. The molecular weight excluding hydrogens is 445 g/mol. The Kier molecular flexibility index (Phi) is 5.75. The molecule has 1 amide bonds. The van der Waals surface area contributed by atoms with Gasteiger partial charge in [-0.2, -0.15) is 0 Å². The lowest BCUT2D eigenvalue weighted by Gasteiger charge is -2.39. The number of pyridine rings is 1. The van der Waals surface area contributed by atoms with Crippen LogP contribution in [0.4, 0.5) is 13.2 Å². The zero-order valence-corrected chi connectivity index (χ0v) is 15.9. The molecule has 7 nitrogen and oxygen atoms in total. The molecule has 2 atom stereocenters. The van der Waals surface area contributed by atoms with Crippen molar-refractivity contribution in [3.8, 4) is 5.75 Å². The highest BCUT2D eigenvalue weighted by Gasteiger charge is 2.51. The summed E-state index contributed by atoms with van der Waals surface area (Å²) in [7, 11) is 0. The Hall–Kier alpha value is -2.40. The highest BCUT2D eigenvalue weighted by molar-refractivity contribution is 9.10. The van der Waals surface area contributed by atoms with Crippen LogP contribution in [0.25, 0.3) is 0 Å². The summed E-state index contributed by atoms with van der Waals surface area (Å²) in [4.78, 5) is 20.0. The molecule has 1 aliphatic heterocycles. The maximum Gasteiger partial charge on any atom is 0.277 e. The van der Waals surface area contributed by atoms with Crippen LogP contribution in [0.5, 0.6) is 5.75 Å². The molecule has 0 radical (unpaired) electrons. The summed E-state index contributed by atoms with van der Waals surface area (Å²) in [5.41, 5.74) is 3.26. The predicted molar refractivity (Wildman–Crippen MR) is 97.6 cm³/mol. The van der Waals surface area contributed by atoms with Gasteiger partial charge < -0.3 is 20.9 Å². The number of aromatic nitrogens is 1. The number of aliphatic imine (C=N–C) groups is 1. The van der Waals surface area contributed by atoms with Gasteiger partial charge in [0.15, 0.2) is 11.2 Å². The lowest BCUT2D eigenvalue weighted by Crippen LogP contribution is -2.53. The minimum absolute atomic E-state index is 0.111. The Morgan fingerprint density at radius 1 is 1.46 bits per heavy atom. The van der Waals surface area contributed by atoms with Gasteiger partial charge >= 0.3 is 0 Å². The van der Waals surface area contributed by atoms with Gasteiger partial charge in [-0.15, -0.1) is 0 Å². The molecule has 0 bridgehead atoms. The van der Waals surface area contributed by atoms with E-state index in [0.717, 1.165) is 6.08 Å². The molecule has 4 N–H and O–H groups in total. The van der Waals surface area contributed by atoms with Crippen molar-refractivity contribution in [2.24, 2.45) is 16.6 Å². The van der Waals surface area contributed by atoms with E-state index in [1.165, 1.54) is 18.3 Å². The Morgan fingerprint density at radius 2 is 2.21 bits per heavy atom. The number of aromatic hydroxyl groups is 1. The largest absolute Gasteiger partial charge is 0.505 e. The smallest absolute Gasteiger partial charge is 0.277 e.